The molecule has 4 nitrogen and oxygen atoms in total. The highest BCUT2D eigenvalue weighted by Crippen LogP contribution is 2.32. The number of hydrogen-bond acceptors (Lipinski definition) is 3. The molecule has 4 heteroatoms. The normalized spacial score (nSPS) is 14.4. The molecule has 0 fully saturated rings. The van der Waals surface area contributed by atoms with Gasteiger partial charge < -0.3 is 5.32 Å². The summed E-state index contributed by atoms with van der Waals surface area (Å²) < 4.78 is 0. The lowest BCUT2D eigenvalue weighted by Crippen LogP contribution is -2.32. The van der Waals surface area contributed by atoms with Gasteiger partial charge in [-0.15, -0.1) is 0 Å². The number of rotatable bonds is 4. The molecule has 1 N–H and O–H groups in total. The molecule has 0 spiro atoms. The van der Waals surface area contributed by atoms with Gasteiger partial charge in [0.15, 0.2) is 0 Å². The van der Waals surface area contributed by atoms with Crippen molar-refractivity contribution >= 4 is 23.1 Å². The number of likely N-dealkylation sites (N-methyl/N-ethyl adjacent to an activating group) is 1. The molecule has 0 aliphatic carbocycles. The van der Waals surface area contributed by atoms with E-state index in [1.807, 2.05) is 71.0 Å². The van der Waals surface area contributed by atoms with Gasteiger partial charge in [0.2, 0.25) is 0 Å². The van der Waals surface area contributed by atoms with E-state index in [0.29, 0.717) is 17.8 Å². The van der Waals surface area contributed by atoms with Crippen LogP contribution in [0.25, 0.3) is 5.57 Å². The minimum absolute atomic E-state index is 0.242. The third kappa shape index (κ3) is 3.03. The molecule has 1 heterocycles. The van der Waals surface area contributed by atoms with Gasteiger partial charge in [0.25, 0.3) is 11.8 Å². The number of carbonyl (C=O) groups excluding carboxylic acids is 2. The van der Waals surface area contributed by atoms with Gasteiger partial charge in [-0.25, -0.2) is 0 Å². The van der Waals surface area contributed by atoms with Crippen molar-refractivity contribution in [1.82, 2.24) is 4.90 Å². The Kier molecular flexibility index (Phi) is 4.68. The van der Waals surface area contributed by atoms with Gasteiger partial charge in [-0.3, -0.25) is 14.5 Å². The Morgan fingerprint density at radius 3 is 2.19 bits per heavy atom. The van der Waals surface area contributed by atoms with Crippen molar-refractivity contribution in [3.8, 4) is 0 Å². The van der Waals surface area contributed by atoms with Crippen molar-refractivity contribution in [3.63, 3.8) is 0 Å². The minimum Gasteiger partial charge on any atom is -0.350 e. The first-order chi connectivity index (χ1) is 12.3. The van der Waals surface area contributed by atoms with Crippen LogP contribution in [0.2, 0.25) is 0 Å². The fourth-order valence-corrected chi connectivity index (χ4v) is 3.15. The lowest BCUT2D eigenvalue weighted by Gasteiger charge is -2.13. The maximum absolute atomic E-state index is 12.9. The van der Waals surface area contributed by atoms with Crippen LogP contribution in [-0.2, 0) is 9.59 Å². The summed E-state index contributed by atoms with van der Waals surface area (Å²) in [5.41, 5.74) is 6.79. The van der Waals surface area contributed by atoms with Crippen LogP contribution in [0.15, 0.2) is 42.1 Å². The van der Waals surface area contributed by atoms with E-state index in [4.69, 9.17) is 0 Å². The largest absolute Gasteiger partial charge is 0.350 e. The van der Waals surface area contributed by atoms with Crippen LogP contribution < -0.4 is 5.32 Å². The zero-order valence-corrected chi connectivity index (χ0v) is 15.9. The fraction of sp³-hybridized carbons (Fsp3) is 0.273. The summed E-state index contributed by atoms with van der Waals surface area (Å²) >= 11 is 0. The summed E-state index contributed by atoms with van der Waals surface area (Å²) in [6, 6.07) is 11.9. The highest BCUT2D eigenvalue weighted by atomic mass is 16.2. The van der Waals surface area contributed by atoms with Crippen LogP contribution in [0, 0.1) is 27.7 Å². The van der Waals surface area contributed by atoms with Crippen LogP contribution >= 0.6 is 0 Å². The minimum atomic E-state index is -0.272. The van der Waals surface area contributed by atoms with E-state index in [2.05, 4.69) is 5.32 Å². The van der Waals surface area contributed by atoms with Crippen LogP contribution in [0.1, 0.15) is 34.7 Å². The first-order valence-corrected chi connectivity index (χ1v) is 8.85. The topological polar surface area (TPSA) is 49.4 Å². The number of hydrogen-bond donors (Lipinski definition) is 1. The fourth-order valence-electron chi connectivity index (χ4n) is 3.15. The Balaban J connectivity index is 2.15. The Morgan fingerprint density at radius 1 is 0.846 bits per heavy atom. The summed E-state index contributed by atoms with van der Waals surface area (Å²) in [4.78, 5) is 27.1. The molecule has 1 aliphatic heterocycles. The number of imide groups is 1. The Morgan fingerprint density at radius 2 is 1.54 bits per heavy atom. The lowest BCUT2D eigenvalue weighted by atomic mass is 9.99. The second kappa shape index (κ2) is 6.79. The molecule has 0 atom stereocenters. The van der Waals surface area contributed by atoms with Crippen molar-refractivity contribution in [2.24, 2.45) is 0 Å². The maximum atomic E-state index is 12.9. The molecule has 3 rings (SSSR count). The third-order valence-corrected chi connectivity index (χ3v) is 4.93. The molecular formula is C22H24N2O2. The lowest BCUT2D eigenvalue weighted by molar-refractivity contribution is -0.136. The summed E-state index contributed by atoms with van der Waals surface area (Å²) in [5.74, 6) is -0.514. The van der Waals surface area contributed by atoms with Gasteiger partial charge in [-0.1, -0.05) is 30.3 Å². The first-order valence-electron chi connectivity index (χ1n) is 8.85. The van der Waals surface area contributed by atoms with Gasteiger partial charge in [0, 0.05) is 12.2 Å². The average molecular weight is 348 g/mol. The highest BCUT2D eigenvalue weighted by Gasteiger charge is 2.38. The van der Waals surface area contributed by atoms with Crippen LogP contribution in [0.5, 0.6) is 0 Å². The number of nitrogens with one attached hydrogen (secondary N) is 1. The van der Waals surface area contributed by atoms with E-state index in [-0.39, 0.29) is 11.8 Å². The molecule has 2 amide bonds. The molecule has 134 valence electrons. The van der Waals surface area contributed by atoms with Crippen molar-refractivity contribution in [2.75, 3.05) is 11.9 Å². The number of benzene rings is 2. The Labute approximate surface area is 154 Å². The van der Waals surface area contributed by atoms with E-state index in [0.717, 1.165) is 33.5 Å². The number of nitrogens with zero attached hydrogens (tertiary/aromatic N) is 1. The van der Waals surface area contributed by atoms with E-state index >= 15 is 0 Å². The number of anilines is 1. The van der Waals surface area contributed by atoms with Crippen molar-refractivity contribution < 1.29 is 9.59 Å². The van der Waals surface area contributed by atoms with Gasteiger partial charge in [0.05, 0.1) is 5.57 Å². The summed E-state index contributed by atoms with van der Waals surface area (Å²) in [6.07, 6.45) is 0. The average Bonchev–Trinajstić information content (AvgIpc) is 2.83. The van der Waals surface area contributed by atoms with Gasteiger partial charge in [0.1, 0.15) is 5.70 Å². The first kappa shape index (κ1) is 17.9. The van der Waals surface area contributed by atoms with Crippen LogP contribution in [0.3, 0.4) is 0 Å². The second-order valence-corrected chi connectivity index (χ2v) is 6.85. The molecule has 0 unspecified atom stereocenters. The zero-order valence-electron chi connectivity index (χ0n) is 15.9. The molecule has 0 saturated heterocycles. The summed E-state index contributed by atoms with van der Waals surface area (Å²) in [5, 5.41) is 3.24. The smallest absolute Gasteiger partial charge is 0.278 e. The van der Waals surface area contributed by atoms with Gasteiger partial charge in [-0.2, -0.15) is 0 Å². The molecule has 0 aromatic heterocycles. The van der Waals surface area contributed by atoms with Crippen molar-refractivity contribution in [1.29, 1.82) is 0 Å². The van der Waals surface area contributed by atoms with E-state index in [1.54, 1.807) is 0 Å². The van der Waals surface area contributed by atoms with Gasteiger partial charge >= 0.3 is 0 Å². The molecule has 26 heavy (non-hydrogen) atoms. The van der Waals surface area contributed by atoms with E-state index in [9.17, 15) is 9.59 Å². The predicted molar refractivity (Wildman–Crippen MR) is 105 cm³/mol. The monoisotopic (exact) mass is 348 g/mol. The number of aryl methyl sites for hydroxylation is 4. The number of carbonyl (C=O) groups is 2. The quantitative estimate of drug-likeness (QED) is 0.845. The predicted octanol–water partition coefficient (Wildman–Crippen LogP) is 4.13. The Bertz CT molecular complexity index is 941. The SMILES string of the molecule is CCN1C(=O)C(Nc2cc(C)ccc2C)=C(c2ccc(C)c(C)c2)C1=O. The van der Waals surface area contributed by atoms with E-state index in [1.165, 1.54) is 4.90 Å². The molecule has 2 aromatic carbocycles. The van der Waals surface area contributed by atoms with Crippen LogP contribution in [0.4, 0.5) is 5.69 Å². The standard InChI is InChI=1S/C22H24N2O2/c1-6-24-21(25)19(17-10-9-14(3)16(5)12-17)20(22(24)26)23-18-11-13(2)7-8-15(18)4/h7-12,23H,6H2,1-5H3. The van der Waals surface area contributed by atoms with Crippen LogP contribution in [-0.4, -0.2) is 23.3 Å². The third-order valence-electron chi connectivity index (χ3n) is 4.93. The molecule has 1 aliphatic rings. The van der Waals surface area contributed by atoms with Crippen molar-refractivity contribution in [2.45, 2.75) is 34.6 Å². The second-order valence-electron chi connectivity index (χ2n) is 6.85. The molecule has 0 bridgehead atoms. The maximum Gasteiger partial charge on any atom is 0.278 e. The van der Waals surface area contributed by atoms with Gasteiger partial charge in [-0.05, 0) is 68.5 Å². The number of amides is 2. The molecule has 0 saturated carbocycles. The molecular weight excluding hydrogens is 324 g/mol. The molecule has 0 radical (unpaired) electrons. The molecule has 2 aromatic rings. The zero-order chi connectivity index (χ0) is 19.0. The Hall–Kier alpha value is -2.88. The van der Waals surface area contributed by atoms with Crippen molar-refractivity contribution in [3.05, 3.63) is 69.9 Å². The summed E-state index contributed by atoms with van der Waals surface area (Å²) in [7, 11) is 0. The van der Waals surface area contributed by atoms with E-state index < -0.39 is 0 Å². The summed E-state index contributed by atoms with van der Waals surface area (Å²) in [6.45, 7) is 10.2. The highest BCUT2D eigenvalue weighted by molar-refractivity contribution is 6.36.